The van der Waals surface area contributed by atoms with Gasteiger partial charge in [-0.25, -0.2) is 0 Å². The van der Waals surface area contributed by atoms with E-state index in [9.17, 15) is 9.59 Å². The zero-order valence-electron chi connectivity index (χ0n) is 11.9. The molecule has 0 saturated carbocycles. The molecular formula is C14H24N2O3. The van der Waals surface area contributed by atoms with Gasteiger partial charge in [0.15, 0.2) is 0 Å². The van der Waals surface area contributed by atoms with Crippen molar-refractivity contribution in [1.82, 2.24) is 10.2 Å². The van der Waals surface area contributed by atoms with E-state index in [-0.39, 0.29) is 17.9 Å². The highest BCUT2D eigenvalue weighted by Gasteiger charge is 2.31. The number of hydrogen-bond acceptors (Lipinski definition) is 3. The minimum absolute atomic E-state index is 0.0121. The van der Waals surface area contributed by atoms with Crippen LogP contribution < -0.4 is 5.32 Å². The Labute approximate surface area is 114 Å². The van der Waals surface area contributed by atoms with Crippen molar-refractivity contribution in [3.63, 3.8) is 0 Å². The third-order valence-corrected chi connectivity index (χ3v) is 3.99. The van der Waals surface area contributed by atoms with Crippen LogP contribution in [-0.2, 0) is 14.3 Å². The zero-order chi connectivity index (χ0) is 13.8. The molecule has 0 aromatic rings. The lowest BCUT2D eigenvalue weighted by atomic mass is 10.1. The molecule has 2 aliphatic rings. The fourth-order valence-corrected chi connectivity index (χ4v) is 2.90. The van der Waals surface area contributed by atoms with E-state index in [0.717, 1.165) is 38.8 Å². The maximum Gasteiger partial charge on any atom is 0.245 e. The van der Waals surface area contributed by atoms with E-state index in [4.69, 9.17) is 4.74 Å². The summed E-state index contributed by atoms with van der Waals surface area (Å²) in [6.07, 6.45) is 5.01. The number of rotatable bonds is 4. The quantitative estimate of drug-likeness (QED) is 0.829. The van der Waals surface area contributed by atoms with Crippen LogP contribution in [0.2, 0.25) is 0 Å². The van der Waals surface area contributed by atoms with E-state index in [1.54, 1.807) is 6.92 Å². The van der Waals surface area contributed by atoms with Crippen LogP contribution in [0.15, 0.2) is 0 Å². The molecule has 0 aromatic carbocycles. The minimum Gasteiger partial charge on any atom is -0.378 e. The first kappa shape index (κ1) is 14.3. The largest absolute Gasteiger partial charge is 0.378 e. The van der Waals surface area contributed by atoms with Crippen molar-refractivity contribution < 1.29 is 14.3 Å². The van der Waals surface area contributed by atoms with Gasteiger partial charge in [0, 0.05) is 25.6 Å². The molecule has 2 aliphatic heterocycles. The first-order valence-electron chi connectivity index (χ1n) is 7.29. The van der Waals surface area contributed by atoms with Crippen LogP contribution in [0.3, 0.4) is 0 Å². The van der Waals surface area contributed by atoms with Gasteiger partial charge in [-0.3, -0.25) is 9.59 Å². The summed E-state index contributed by atoms with van der Waals surface area (Å²) in [6.45, 7) is 5.30. The molecule has 2 amide bonds. The van der Waals surface area contributed by atoms with Crippen LogP contribution in [0.1, 0.15) is 46.0 Å². The van der Waals surface area contributed by atoms with Crippen molar-refractivity contribution in [2.24, 2.45) is 0 Å². The second kappa shape index (κ2) is 6.37. The smallest absolute Gasteiger partial charge is 0.245 e. The molecule has 3 atom stereocenters. The lowest BCUT2D eigenvalue weighted by molar-refractivity contribution is -0.134. The van der Waals surface area contributed by atoms with Gasteiger partial charge < -0.3 is 15.0 Å². The lowest BCUT2D eigenvalue weighted by Gasteiger charge is -2.28. The van der Waals surface area contributed by atoms with E-state index < -0.39 is 6.04 Å². The third-order valence-electron chi connectivity index (χ3n) is 3.99. The van der Waals surface area contributed by atoms with Gasteiger partial charge in [-0.15, -0.1) is 0 Å². The molecule has 0 radical (unpaired) electrons. The summed E-state index contributed by atoms with van der Waals surface area (Å²) >= 11 is 0. The summed E-state index contributed by atoms with van der Waals surface area (Å²) in [4.78, 5) is 25.6. The van der Waals surface area contributed by atoms with E-state index >= 15 is 0 Å². The molecule has 2 heterocycles. The molecule has 3 unspecified atom stereocenters. The van der Waals surface area contributed by atoms with E-state index in [1.165, 1.54) is 0 Å². The van der Waals surface area contributed by atoms with Crippen LogP contribution >= 0.6 is 0 Å². The molecule has 2 rings (SSSR count). The zero-order valence-corrected chi connectivity index (χ0v) is 11.9. The van der Waals surface area contributed by atoms with Gasteiger partial charge >= 0.3 is 0 Å². The van der Waals surface area contributed by atoms with Crippen molar-refractivity contribution in [3.8, 4) is 0 Å². The van der Waals surface area contributed by atoms with E-state index in [0.29, 0.717) is 12.5 Å². The van der Waals surface area contributed by atoms with Crippen molar-refractivity contribution in [2.45, 2.75) is 64.1 Å². The highest BCUT2D eigenvalue weighted by Crippen LogP contribution is 2.18. The van der Waals surface area contributed by atoms with E-state index in [1.807, 2.05) is 11.8 Å². The Morgan fingerprint density at radius 2 is 2.16 bits per heavy atom. The Bertz CT molecular complexity index is 340. The number of nitrogens with zero attached hydrogens (tertiary/aromatic N) is 1. The predicted octanol–water partition coefficient (Wildman–Crippen LogP) is 1.07. The number of carbonyl (C=O) groups excluding carboxylic acids is 2. The van der Waals surface area contributed by atoms with Gasteiger partial charge in [0.05, 0.1) is 6.10 Å². The van der Waals surface area contributed by atoms with Gasteiger partial charge in [-0.05, 0) is 39.5 Å². The van der Waals surface area contributed by atoms with Gasteiger partial charge in [-0.2, -0.15) is 0 Å². The highest BCUT2D eigenvalue weighted by atomic mass is 16.5. The molecule has 2 fully saturated rings. The average Bonchev–Trinajstić information content (AvgIpc) is 2.83. The Hall–Kier alpha value is -1.10. The maximum absolute atomic E-state index is 12.2. The predicted molar refractivity (Wildman–Crippen MR) is 71.6 cm³/mol. The number of nitrogens with one attached hydrogen (secondary N) is 1. The second-order valence-corrected chi connectivity index (χ2v) is 5.65. The summed E-state index contributed by atoms with van der Waals surface area (Å²) < 4.78 is 5.59. The summed E-state index contributed by atoms with van der Waals surface area (Å²) in [6, 6.07) is -0.415. The molecule has 0 spiro atoms. The standard InChI is InChI=1S/C14H24N2O3/c1-10-9-13(17)15-11(2)14(18)16(10)7-3-5-12-6-4-8-19-12/h10-12H,3-9H2,1-2H3,(H,15,17). The molecule has 108 valence electrons. The van der Waals surface area contributed by atoms with Crippen LogP contribution in [0.25, 0.3) is 0 Å². The van der Waals surface area contributed by atoms with Gasteiger partial charge in [0.25, 0.3) is 0 Å². The molecular weight excluding hydrogens is 244 g/mol. The molecule has 19 heavy (non-hydrogen) atoms. The number of carbonyl (C=O) groups is 2. The molecule has 0 bridgehead atoms. The first-order chi connectivity index (χ1) is 9.08. The van der Waals surface area contributed by atoms with Crippen LogP contribution in [-0.4, -0.2) is 48.1 Å². The second-order valence-electron chi connectivity index (χ2n) is 5.65. The van der Waals surface area contributed by atoms with Crippen LogP contribution in [0, 0.1) is 0 Å². The lowest BCUT2D eigenvalue weighted by Crippen LogP contribution is -2.45. The monoisotopic (exact) mass is 268 g/mol. The molecule has 5 nitrogen and oxygen atoms in total. The fraction of sp³-hybridized carbons (Fsp3) is 0.857. The third kappa shape index (κ3) is 3.69. The van der Waals surface area contributed by atoms with Crippen LogP contribution in [0.5, 0.6) is 0 Å². The van der Waals surface area contributed by atoms with Gasteiger partial charge in [-0.1, -0.05) is 0 Å². The summed E-state index contributed by atoms with van der Waals surface area (Å²) in [5, 5.41) is 2.73. The molecule has 0 aliphatic carbocycles. The fourth-order valence-electron chi connectivity index (χ4n) is 2.90. The van der Waals surface area contributed by atoms with Gasteiger partial charge in [0.2, 0.25) is 11.8 Å². The number of hydrogen-bond donors (Lipinski definition) is 1. The molecule has 0 aromatic heterocycles. The summed E-state index contributed by atoms with van der Waals surface area (Å²) in [5.41, 5.74) is 0. The Kier molecular flexibility index (Phi) is 4.80. The Morgan fingerprint density at radius 3 is 2.84 bits per heavy atom. The first-order valence-corrected chi connectivity index (χ1v) is 7.29. The molecule has 1 N–H and O–H groups in total. The summed E-state index contributed by atoms with van der Waals surface area (Å²) in [5.74, 6) is 0.000617. The van der Waals surface area contributed by atoms with E-state index in [2.05, 4.69) is 5.32 Å². The highest BCUT2D eigenvalue weighted by molar-refractivity contribution is 5.90. The Morgan fingerprint density at radius 1 is 1.37 bits per heavy atom. The number of ether oxygens (including phenoxy) is 1. The van der Waals surface area contributed by atoms with Gasteiger partial charge in [0.1, 0.15) is 6.04 Å². The normalized spacial score (nSPS) is 32.3. The van der Waals surface area contributed by atoms with Crippen molar-refractivity contribution in [2.75, 3.05) is 13.2 Å². The average molecular weight is 268 g/mol. The minimum atomic E-state index is -0.403. The molecule has 5 heteroatoms. The number of amides is 2. The maximum atomic E-state index is 12.2. The molecule has 2 saturated heterocycles. The van der Waals surface area contributed by atoms with Crippen molar-refractivity contribution in [1.29, 1.82) is 0 Å². The van der Waals surface area contributed by atoms with Crippen molar-refractivity contribution in [3.05, 3.63) is 0 Å². The summed E-state index contributed by atoms with van der Waals surface area (Å²) in [7, 11) is 0. The van der Waals surface area contributed by atoms with Crippen LogP contribution in [0.4, 0.5) is 0 Å². The Balaban J connectivity index is 1.85. The van der Waals surface area contributed by atoms with Crippen molar-refractivity contribution >= 4 is 11.8 Å². The SMILES string of the molecule is CC1NC(=O)CC(C)N(CCCC2CCCO2)C1=O. The topological polar surface area (TPSA) is 58.6 Å².